The van der Waals surface area contributed by atoms with E-state index in [2.05, 4.69) is 5.32 Å². The zero-order valence-corrected chi connectivity index (χ0v) is 6.72. The highest BCUT2D eigenvalue weighted by Crippen LogP contribution is 1.92. The van der Waals surface area contributed by atoms with Gasteiger partial charge in [0.1, 0.15) is 0 Å². The highest BCUT2D eigenvalue weighted by Gasteiger charge is 2.10. The lowest BCUT2D eigenvalue weighted by Crippen LogP contribution is -2.35. The molecule has 0 aromatic rings. The number of amides is 1. The van der Waals surface area contributed by atoms with Gasteiger partial charge < -0.3 is 10.4 Å². The fourth-order valence-electron chi connectivity index (χ4n) is 0.510. The van der Waals surface area contributed by atoms with Crippen LogP contribution in [0.1, 0.15) is 20.8 Å². The van der Waals surface area contributed by atoms with Crippen molar-refractivity contribution < 1.29 is 9.90 Å². The van der Waals surface area contributed by atoms with E-state index in [1.54, 1.807) is 6.92 Å². The third-order valence-electron chi connectivity index (χ3n) is 1.15. The topological polar surface area (TPSA) is 49.3 Å². The first-order valence-corrected chi connectivity index (χ1v) is 3.49. The Kier molecular flexibility index (Phi) is 4.03. The van der Waals surface area contributed by atoms with Crippen molar-refractivity contribution >= 4 is 5.91 Å². The minimum absolute atomic E-state index is 0.0848. The lowest BCUT2D eigenvalue weighted by Gasteiger charge is -2.11. The maximum atomic E-state index is 10.9. The van der Waals surface area contributed by atoms with Crippen LogP contribution in [0.5, 0.6) is 0 Å². The molecule has 1 amide bonds. The van der Waals surface area contributed by atoms with Crippen LogP contribution >= 0.6 is 0 Å². The summed E-state index contributed by atoms with van der Waals surface area (Å²) in [6.07, 6.45) is 0. The van der Waals surface area contributed by atoms with E-state index >= 15 is 0 Å². The van der Waals surface area contributed by atoms with Gasteiger partial charge in [0.25, 0.3) is 0 Å². The normalized spacial score (nSPS) is 13.3. The second-order valence-corrected chi connectivity index (χ2v) is 2.75. The number of hydrogen-bond acceptors (Lipinski definition) is 2. The fourth-order valence-corrected chi connectivity index (χ4v) is 0.510. The summed E-state index contributed by atoms with van der Waals surface area (Å²) in [5, 5.41) is 11.3. The van der Waals surface area contributed by atoms with Gasteiger partial charge in [0.15, 0.2) is 0 Å². The Hall–Kier alpha value is -0.570. The van der Waals surface area contributed by atoms with Gasteiger partial charge in [-0.3, -0.25) is 4.79 Å². The van der Waals surface area contributed by atoms with Crippen LogP contribution in [0, 0.1) is 5.92 Å². The smallest absolute Gasteiger partial charge is 0.225 e. The summed E-state index contributed by atoms with van der Waals surface area (Å²) in [5.41, 5.74) is 0. The number of nitrogens with one attached hydrogen (secondary N) is 1. The number of aliphatic hydroxyl groups excluding tert-OH is 1. The zero-order chi connectivity index (χ0) is 8.15. The fraction of sp³-hybridized carbons (Fsp3) is 0.857. The molecule has 0 spiro atoms. The van der Waals surface area contributed by atoms with Gasteiger partial charge in [-0.25, -0.2) is 0 Å². The SMILES string of the molecule is CC(C)NC(=O)C(C)CO. The van der Waals surface area contributed by atoms with Gasteiger partial charge in [-0.15, -0.1) is 0 Å². The summed E-state index contributed by atoms with van der Waals surface area (Å²) >= 11 is 0. The van der Waals surface area contributed by atoms with E-state index < -0.39 is 0 Å². The Labute approximate surface area is 61.4 Å². The molecule has 0 bridgehead atoms. The summed E-state index contributed by atoms with van der Waals surface area (Å²) in [6.45, 7) is 5.39. The van der Waals surface area contributed by atoms with Crippen LogP contribution in [-0.4, -0.2) is 23.7 Å². The second kappa shape index (κ2) is 4.28. The van der Waals surface area contributed by atoms with Crippen LogP contribution < -0.4 is 5.32 Å². The maximum absolute atomic E-state index is 10.9. The molecule has 3 nitrogen and oxygen atoms in total. The Morgan fingerprint density at radius 3 is 2.30 bits per heavy atom. The molecule has 0 aromatic carbocycles. The monoisotopic (exact) mass is 145 g/mol. The summed E-state index contributed by atoms with van der Waals surface area (Å²) in [5.74, 6) is -0.375. The molecular weight excluding hydrogens is 130 g/mol. The predicted molar refractivity (Wildman–Crippen MR) is 39.5 cm³/mol. The van der Waals surface area contributed by atoms with Crippen molar-refractivity contribution in [2.45, 2.75) is 26.8 Å². The molecule has 0 radical (unpaired) electrons. The van der Waals surface area contributed by atoms with Crippen LogP contribution in [0.25, 0.3) is 0 Å². The molecule has 0 aliphatic heterocycles. The molecule has 0 rings (SSSR count). The van der Waals surface area contributed by atoms with E-state index in [0.717, 1.165) is 0 Å². The molecule has 3 heteroatoms. The first-order chi connectivity index (χ1) is 4.57. The Balaban J connectivity index is 3.62. The van der Waals surface area contributed by atoms with Crippen molar-refractivity contribution in [2.24, 2.45) is 5.92 Å². The molecule has 0 fully saturated rings. The van der Waals surface area contributed by atoms with Gasteiger partial charge in [0, 0.05) is 6.04 Å². The minimum Gasteiger partial charge on any atom is -0.396 e. The molecule has 1 atom stereocenters. The van der Waals surface area contributed by atoms with Crippen LogP contribution in [0.2, 0.25) is 0 Å². The molecule has 0 saturated heterocycles. The molecule has 0 aliphatic rings. The van der Waals surface area contributed by atoms with Gasteiger partial charge >= 0.3 is 0 Å². The maximum Gasteiger partial charge on any atom is 0.225 e. The van der Waals surface area contributed by atoms with Crippen molar-refractivity contribution in [3.8, 4) is 0 Å². The summed E-state index contributed by atoms with van der Waals surface area (Å²) in [4.78, 5) is 10.9. The molecule has 0 aliphatic carbocycles. The highest BCUT2D eigenvalue weighted by atomic mass is 16.3. The van der Waals surface area contributed by atoms with Crippen molar-refractivity contribution in [1.82, 2.24) is 5.32 Å². The van der Waals surface area contributed by atoms with Crippen molar-refractivity contribution in [2.75, 3.05) is 6.61 Å². The Morgan fingerprint density at radius 1 is 1.50 bits per heavy atom. The summed E-state index contributed by atoms with van der Waals surface area (Å²) < 4.78 is 0. The quantitative estimate of drug-likeness (QED) is 0.593. The largest absolute Gasteiger partial charge is 0.396 e. The number of carbonyl (C=O) groups excluding carboxylic acids is 1. The second-order valence-electron chi connectivity index (χ2n) is 2.75. The lowest BCUT2D eigenvalue weighted by atomic mass is 10.2. The number of aliphatic hydroxyl groups is 1. The zero-order valence-electron chi connectivity index (χ0n) is 6.72. The molecule has 0 saturated carbocycles. The van der Waals surface area contributed by atoms with Crippen LogP contribution in [0.15, 0.2) is 0 Å². The molecule has 2 N–H and O–H groups in total. The minimum atomic E-state index is -0.289. The first kappa shape index (κ1) is 9.43. The van der Waals surface area contributed by atoms with Gasteiger partial charge in [-0.05, 0) is 13.8 Å². The van der Waals surface area contributed by atoms with E-state index in [1.165, 1.54) is 0 Å². The third-order valence-corrected chi connectivity index (χ3v) is 1.15. The standard InChI is InChI=1S/C7H15NO2/c1-5(2)8-7(10)6(3)4-9/h5-6,9H,4H2,1-3H3,(H,8,10). The number of carbonyl (C=O) groups is 1. The number of hydrogen-bond donors (Lipinski definition) is 2. The van der Waals surface area contributed by atoms with E-state index in [4.69, 9.17) is 5.11 Å². The van der Waals surface area contributed by atoms with Gasteiger partial charge in [0.05, 0.1) is 12.5 Å². The van der Waals surface area contributed by atoms with Crippen LogP contribution in [0.3, 0.4) is 0 Å². The highest BCUT2D eigenvalue weighted by molar-refractivity contribution is 5.78. The average molecular weight is 145 g/mol. The molecule has 1 unspecified atom stereocenters. The van der Waals surface area contributed by atoms with Gasteiger partial charge in [-0.2, -0.15) is 0 Å². The van der Waals surface area contributed by atoms with Gasteiger partial charge in [-0.1, -0.05) is 6.92 Å². The molecule has 60 valence electrons. The molecule has 0 aromatic heterocycles. The third kappa shape index (κ3) is 3.45. The van der Waals surface area contributed by atoms with Crippen LogP contribution in [-0.2, 0) is 4.79 Å². The van der Waals surface area contributed by atoms with E-state index in [9.17, 15) is 4.79 Å². The van der Waals surface area contributed by atoms with Crippen molar-refractivity contribution in [3.05, 3.63) is 0 Å². The van der Waals surface area contributed by atoms with E-state index in [-0.39, 0.29) is 24.5 Å². The van der Waals surface area contributed by atoms with E-state index in [0.29, 0.717) is 0 Å². The Morgan fingerprint density at radius 2 is 2.00 bits per heavy atom. The number of rotatable bonds is 3. The summed E-state index contributed by atoms with van der Waals surface area (Å²) in [7, 11) is 0. The molecular formula is C7H15NO2. The summed E-state index contributed by atoms with van der Waals surface area (Å²) in [6, 6.07) is 0.154. The van der Waals surface area contributed by atoms with Crippen molar-refractivity contribution in [3.63, 3.8) is 0 Å². The first-order valence-electron chi connectivity index (χ1n) is 3.49. The Bertz CT molecular complexity index is 112. The average Bonchev–Trinajstić information content (AvgIpc) is 1.85. The van der Waals surface area contributed by atoms with Gasteiger partial charge in [0.2, 0.25) is 5.91 Å². The molecule has 10 heavy (non-hydrogen) atoms. The lowest BCUT2D eigenvalue weighted by molar-refractivity contribution is -0.126. The molecule has 0 heterocycles. The predicted octanol–water partition coefficient (Wildman–Crippen LogP) is 0.139. The van der Waals surface area contributed by atoms with Crippen molar-refractivity contribution in [1.29, 1.82) is 0 Å². The van der Waals surface area contributed by atoms with Crippen LogP contribution in [0.4, 0.5) is 0 Å². The van der Waals surface area contributed by atoms with E-state index in [1.807, 2.05) is 13.8 Å².